The lowest BCUT2D eigenvalue weighted by atomic mass is 10.0. The third-order valence-electron chi connectivity index (χ3n) is 4.52. The smallest absolute Gasteiger partial charge is 0.138 e. The Balaban J connectivity index is 2.09. The van der Waals surface area contributed by atoms with Gasteiger partial charge in [-0.2, -0.15) is 0 Å². The highest BCUT2D eigenvalue weighted by Crippen LogP contribution is 2.34. The van der Waals surface area contributed by atoms with E-state index in [0.29, 0.717) is 15.5 Å². The summed E-state index contributed by atoms with van der Waals surface area (Å²) in [5.41, 5.74) is 1.75. The summed E-state index contributed by atoms with van der Waals surface area (Å²) < 4.78 is 16.8. The first-order valence-corrected chi connectivity index (χ1v) is 9.13. The molecule has 1 saturated carbocycles. The monoisotopic (exact) mass is 420 g/mol. The molecule has 1 aliphatic carbocycles. The van der Waals surface area contributed by atoms with Crippen molar-refractivity contribution in [3.05, 3.63) is 27.3 Å². The Kier molecular flexibility index (Phi) is 4.74. The predicted molar refractivity (Wildman–Crippen MR) is 93.3 cm³/mol. The van der Waals surface area contributed by atoms with Crippen LogP contribution in [0.2, 0.25) is 0 Å². The standard InChI is InChI=1S/C16H19ClFIN2/c1-10-3-2-4-11(6-5-10)21-15-7-12(18)13(19)8-14(15)20-16(21)9-17/h7-8,10-11H,2-6,9H2,1H3. The molecule has 0 amide bonds. The van der Waals surface area contributed by atoms with Crippen LogP contribution in [0.3, 0.4) is 0 Å². The molecule has 0 N–H and O–H groups in total. The molecular weight excluding hydrogens is 402 g/mol. The molecule has 0 radical (unpaired) electrons. The molecule has 114 valence electrons. The molecule has 21 heavy (non-hydrogen) atoms. The zero-order chi connectivity index (χ0) is 15.0. The van der Waals surface area contributed by atoms with E-state index in [0.717, 1.165) is 35.6 Å². The zero-order valence-electron chi connectivity index (χ0n) is 12.1. The van der Waals surface area contributed by atoms with E-state index < -0.39 is 0 Å². The molecule has 0 spiro atoms. The molecule has 1 fully saturated rings. The first kappa shape index (κ1) is 15.5. The van der Waals surface area contributed by atoms with Gasteiger partial charge in [0, 0.05) is 12.1 Å². The maximum absolute atomic E-state index is 14.0. The Bertz CT molecular complexity index is 655. The molecule has 0 aliphatic heterocycles. The highest BCUT2D eigenvalue weighted by Gasteiger charge is 2.23. The number of rotatable bonds is 2. The number of halogens is 3. The van der Waals surface area contributed by atoms with Gasteiger partial charge in [-0.1, -0.05) is 19.8 Å². The molecule has 2 unspecified atom stereocenters. The molecule has 1 aromatic carbocycles. The second kappa shape index (κ2) is 6.41. The highest BCUT2D eigenvalue weighted by atomic mass is 127. The van der Waals surface area contributed by atoms with Gasteiger partial charge in [0.15, 0.2) is 0 Å². The summed E-state index contributed by atoms with van der Waals surface area (Å²) in [6.45, 7) is 2.32. The van der Waals surface area contributed by atoms with E-state index in [1.54, 1.807) is 6.07 Å². The van der Waals surface area contributed by atoms with Crippen molar-refractivity contribution in [1.82, 2.24) is 9.55 Å². The number of alkyl halides is 1. The molecule has 5 heteroatoms. The highest BCUT2D eigenvalue weighted by molar-refractivity contribution is 14.1. The van der Waals surface area contributed by atoms with Crippen molar-refractivity contribution in [1.29, 1.82) is 0 Å². The van der Waals surface area contributed by atoms with E-state index in [1.165, 1.54) is 19.3 Å². The molecule has 1 aliphatic rings. The number of fused-ring (bicyclic) bond motifs is 1. The van der Waals surface area contributed by atoms with Crippen LogP contribution in [0.5, 0.6) is 0 Å². The lowest BCUT2D eigenvalue weighted by molar-refractivity contribution is 0.433. The average Bonchev–Trinajstić information content (AvgIpc) is 2.66. The van der Waals surface area contributed by atoms with Gasteiger partial charge < -0.3 is 4.57 Å². The molecule has 1 aromatic heterocycles. The van der Waals surface area contributed by atoms with E-state index in [2.05, 4.69) is 16.5 Å². The predicted octanol–water partition coefficient (Wildman–Crippen LogP) is 5.66. The molecule has 1 heterocycles. The second-order valence-electron chi connectivity index (χ2n) is 6.05. The summed E-state index contributed by atoms with van der Waals surface area (Å²) in [4.78, 5) is 4.62. The Morgan fingerprint density at radius 2 is 2.14 bits per heavy atom. The quantitative estimate of drug-likeness (QED) is 0.348. The van der Waals surface area contributed by atoms with Crippen molar-refractivity contribution in [2.75, 3.05) is 0 Å². The van der Waals surface area contributed by atoms with Crippen molar-refractivity contribution in [3.8, 4) is 0 Å². The SMILES string of the molecule is CC1CCCC(n2c(CCl)nc3cc(I)c(F)cc32)CC1. The summed E-state index contributed by atoms with van der Waals surface area (Å²) in [6, 6.07) is 3.83. The van der Waals surface area contributed by atoms with E-state index >= 15 is 0 Å². The minimum absolute atomic E-state index is 0.174. The summed E-state index contributed by atoms with van der Waals surface area (Å²) >= 11 is 8.10. The van der Waals surface area contributed by atoms with Crippen LogP contribution in [0, 0.1) is 15.3 Å². The number of hydrogen-bond donors (Lipinski definition) is 0. The summed E-state index contributed by atoms with van der Waals surface area (Å²) in [5, 5.41) is 0. The number of imidazole rings is 1. The molecule has 2 atom stereocenters. The Hall–Kier alpha value is -0.360. The maximum Gasteiger partial charge on any atom is 0.138 e. The average molecular weight is 421 g/mol. The molecule has 2 nitrogen and oxygen atoms in total. The lowest BCUT2D eigenvalue weighted by Crippen LogP contribution is -2.11. The van der Waals surface area contributed by atoms with E-state index in [9.17, 15) is 4.39 Å². The fourth-order valence-corrected chi connectivity index (χ4v) is 4.01. The van der Waals surface area contributed by atoms with Gasteiger partial charge in [0.25, 0.3) is 0 Å². The lowest BCUT2D eigenvalue weighted by Gasteiger charge is -2.19. The van der Waals surface area contributed by atoms with Crippen LogP contribution >= 0.6 is 34.2 Å². The third kappa shape index (κ3) is 3.07. The molecule has 3 rings (SSSR count). The van der Waals surface area contributed by atoms with Gasteiger partial charge in [-0.05, 0) is 53.8 Å². The van der Waals surface area contributed by atoms with Crippen LogP contribution in [-0.4, -0.2) is 9.55 Å². The summed E-state index contributed by atoms with van der Waals surface area (Å²) in [6.07, 6.45) is 5.99. The minimum Gasteiger partial charge on any atom is -0.324 e. The van der Waals surface area contributed by atoms with Crippen molar-refractivity contribution in [2.45, 2.75) is 50.9 Å². The van der Waals surface area contributed by atoms with Gasteiger partial charge in [0.05, 0.1) is 20.5 Å². The van der Waals surface area contributed by atoms with Crippen molar-refractivity contribution in [3.63, 3.8) is 0 Å². The van der Waals surface area contributed by atoms with Crippen molar-refractivity contribution < 1.29 is 4.39 Å². The van der Waals surface area contributed by atoms with E-state index in [4.69, 9.17) is 11.6 Å². The van der Waals surface area contributed by atoms with Gasteiger partial charge in [-0.25, -0.2) is 9.37 Å². The van der Waals surface area contributed by atoms with Crippen LogP contribution in [0.4, 0.5) is 4.39 Å². The van der Waals surface area contributed by atoms with Crippen LogP contribution < -0.4 is 0 Å². The van der Waals surface area contributed by atoms with Gasteiger partial charge in [-0.3, -0.25) is 0 Å². The van der Waals surface area contributed by atoms with Crippen LogP contribution in [0.15, 0.2) is 12.1 Å². The molecule has 0 bridgehead atoms. The van der Waals surface area contributed by atoms with Gasteiger partial charge in [-0.15, -0.1) is 11.6 Å². The first-order valence-electron chi connectivity index (χ1n) is 7.52. The minimum atomic E-state index is -0.174. The van der Waals surface area contributed by atoms with E-state index in [1.807, 2.05) is 28.7 Å². The Morgan fingerprint density at radius 3 is 2.90 bits per heavy atom. The van der Waals surface area contributed by atoms with Crippen LogP contribution in [0.25, 0.3) is 11.0 Å². The number of aromatic nitrogens is 2. The largest absolute Gasteiger partial charge is 0.324 e. The maximum atomic E-state index is 14.0. The topological polar surface area (TPSA) is 17.8 Å². The normalized spacial score (nSPS) is 23.4. The van der Waals surface area contributed by atoms with Crippen LogP contribution in [0.1, 0.15) is 50.9 Å². The third-order valence-corrected chi connectivity index (χ3v) is 5.58. The fraction of sp³-hybridized carbons (Fsp3) is 0.562. The fourth-order valence-electron chi connectivity index (χ4n) is 3.37. The number of hydrogen-bond acceptors (Lipinski definition) is 1. The van der Waals surface area contributed by atoms with Gasteiger partial charge in [0.2, 0.25) is 0 Å². The summed E-state index contributed by atoms with van der Waals surface area (Å²) in [7, 11) is 0. The zero-order valence-corrected chi connectivity index (χ0v) is 15.0. The molecule has 0 saturated heterocycles. The molecular formula is C16H19ClFIN2. The van der Waals surface area contributed by atoms with Crippen molar-refractivity contribution in [2.24, 2.45) is 5.92 Å². The summed E-state index contributed by atoms with van der Waals surface area (Å²) in [5.74, 6) is 1.85. The van der Waals surface area contributed by atoms with Crippen molar-refractivity contribution >= 4 is 45.2 Å². The van der Waals surface area contributed by atoms with Gasteiger partial charge >= 0.3 is 0 Å². The number of nitrogens with zero attached hydrogens (tertiary/aromatic N) is 2. The molecule has 2 aromatic rings. The Morgan fingerprint density at radius 1 is 1.33 bits per heavy atom. The number of benzene rings is 1. The first-order chi connectivity index (χ1) is 10.1. The Labute approximate surface area is 143 Å². The van der Waals surface area contributed by atoms with Crippen LogP contribution in [-0.2, 0) is 5.88 Å². The second-order valence-corrected chi connectivity index (χ2v) is 7.48. The van der Waals surface area contributed by atoms with Gasteiger partial charge in [0.1, 0.15) is 11.6 Å². The van der Waals surface area contributed by atoms with E-state index in [-0.39, 0.29) is 5.82 Å².